The minimum absolute atomic E-state index is 0.118. The SMILES string of the molecule is Cc1ccc(C2C3=C(c4ccccc42)N(S(=O)(=O)c2ccc(C)cc2)CCC3)cc1. The van der Waals surface area contributed by atoms with E-state index in [2.05, 4.69) is 49.4 Å². The molecule has 3 aromatic carbocycles. The highest BCUT2D eigenvalue weighted by molar-refractivity contribution is 7.89. The second-order valence-corrected chi connectivity index (χ2v) is 10.2. The molecule has 0 radical (unpaired) electrons. The molecule has 1 unspecified atom stereocenters. The van der Waals surface area contributed by atoms with Crippen LogP contribution in [0.15, 0.2) is 83.3 Å². The van der Waals surface area contributed by atoms with Crippen LogP contribution in [0.5, 0.6) is 0 Å². The van der Waals surface area contributed by atoms with Crippen molar-refractivity contribution < 1.29 is 8.42 Å². The maximum absolute atomic E-state index is 13.6. The Kier molecular flexibility index (Phi) is 4.55. The number of nitrogens with zero attached hydrogens (tertiary/aromatic N) is 1. The Balaban J connectivity index is 1.68. The van der Waals surface area contributed by atoms with Gasteiger partial charge in [0.1, 0.15) is 0 Å². The molecule has 1 aliphatic carbocycles. The molecule has 0 N–H and O–H groups in total. The summed E-state index contributed by atoms with van der Waals surface area (Å²) in [4.78, 5) is 0.359. The van der Waals surface area contributed by atoms with Crippen LogP contribution in [0.1, 0.15) is 46.6 Å². The first-order valence-corrected chi connectivity index (χ1v) is 11.9. The molecular weight excluding hydrogens is 390 g/mol. The summed E-state index contributed by atoms with van der Waals surface area (Å²) in [6.07, 6.45) is 1.75. The van der Waals surface area contributed by atoms with Gasteiger partial charge in [0.15, 0.2) is 0 Å². The van der Waals surface area contributed by atoms with Crippen molar-refractivity contribution in [1.29, 1.82) is 0 Å². The first-order chi connectivity index (χ1) is 14.5. The predicted octanol–water partition coefficient (Wildman–Crippen LogP) is 5.64. The maximum Gasteiger partial charge on any atom is 0.264 e. The number of benzene rings is 3. The van der Waals surface area contributed by atoms with Gasteiger partial charge in [-0.2, -0.15) is 0 Å². The van der Waals surface area contributed by atoms with E-state index in [9.17, 15) is 8.42 Å². The zero-order chi connectivity index (χ0) is 20.9. The second-order valence-electron chi connectivity index (χ2n) is 8.30. The van der Waals surface area contributed by atoms with Crippen molar-refractivity contribution >= 4 is 15.7 Å². The molecule has 0 saturated heterocycles. The summed E-state index contributed by atoms with van der Waals surface area (Å²) >= 11 is 0. The normalized spacial score (nSPS) is 18.3. The molecule has 2 aliphatic rings. The highest BCUT2D eigenvalue weighted by Crippen LogP contribution is 2.51. The first-order valence-electron chi connectivity index (χ1n) is 10.4. The fourth-order valence-electron chi connectivity index (χ4n) is 4.76. The zero-order valence-corrected chi connectivity index (χ0v) is 18.1. The highest BCUT2D eigenvalue weighted by Gasteiger charge is 2.40. The Morgan fingerprint density at radius 3 is 2.17 bits per heavy atom. The Bertz CT molecular complexity index is 1240. The number of rotatable bonds is 3. The number of fused-ring (bicyclic) bond motifs is 2. The van der Waals surface area contributed by atoms with Crippen LogP contribution in [-0.2, 0) is 10.0 Å². The summed E-state index contributed by atoms with van der Waals surface area (Å²) in [6, 6.07) is 24.1. The summed E-state index contributed by atoms with van der Waals surface area (Å²) in [6.45, 7) is 4.58. The van der Waals surface area contributed by atoms with Gasteiger partial charge in [0.05, 0.1) is 10.6 Å². The minimum atomic E-state index is -3.61. The molecule has 0 fully saturated rings. The van der Waals surface area contributed by atoms with Gasteiger partial charge >= 0.3 is 0 Å². The minimum Gasteiger partial charge on any atom is -0.266 e. The van der Waals surface area contributed by atoms with E-state index in [0.717, 1.165) is 29.7 Å². The van der Waals surface area contributed by atoms with E-state index in [1.54, 1.807) is 16.4 Å². The average Bonchev–Trinajstić information content (AvgIpc) is 3.09. The first kappa shape index (κ1) is 19.1. The van der Waals surface area contributed by atoms with Crippen LogP contribution in [0.3, 0.4) is 0 Å². The number of aryl methyl sites for hydroxylation is 2. The average molecular weight is 416 g/mol. The lowest BCUT2D eigenvalue weighted by molar-refractivity contribution is 0.483. The molecule has 1 heterocycles. The third kappa shape index (κ3) is 2.98. The molecule has 0 spiro atoms. The molecule has 0 amide bonds. The van der Waals surface area contributed by atoms with E-state index in [1.165, 1.54) is 22.3 Å². The fraction of sp³-hybridized carbons (Fsp3) is 0.231. The van der Waals surface area contributed by atoms with Crippen molar-refractivity contribution in [3.05, 3.63) is 106 Å². The number of sulfonamides is 1. The van der Waals surface area contributed by atoms with E-state index in [1.807, 2.05) is 25.1 Å². The predicted molar refractivity (Wildman–Crippen MR) is 121 cm³/mol. The summed E-state index contributed by atoms with van der Waals surface area (Å²) in [5.41, 5.74) is 7.88. The largest absolute Gasteiger partial charge is 0.266 e. The molecule has 5 rings (SSSR count). The molecule has 4 heteroatoms. The highest BCUT2D eigenvalue weighted by atomic mass is 32.2. The van der Waals surface area contributed by atoms with E-state index < -0.39 is 10.0 Å². The molecule has 0 aromatic heterocycles. The molecule has 3 nitrogen and oxygen atoms in total. The molecule has 1 atom stereocenters. The quantitative estimate of drug-likeness (QED) is 0.555. The van der Waals surface area contributed by atoms with Crippen molar-refractivity contribution in [3.8, 4) is 0 Å². The van der Waals surface area contributed by atoms with Gasteiger partial charge in [-0.25, -0.2) is 8.42 Å². The van der Waals surface area contributed by atoms with Crippen molar-refractivity contribution in [2.75, 3.05) is 6.54 Å². The van der Waals surface area contributed by atoms with Gasteiger partial charge in [0.2, 0.25) is 0 Å². The lowest BCUT2D eigenvalue weighted by atomic mass is 9.86. The van der Waals surface area contributed by atoms with Crippen LogP contribution in [-0.4, -0.2) is 19.3 Å². The number of hydrogen-bond donors (Lipinski definition) is 0. The van der Waals surface area contributed by atoms with Crippen LogP contribution in [0.2, 0.25) is 0 Å². The molecule has 0 bridgehead atoms. The summed E-state index contributed by atoms with van der Waals surface area (Å²) in [5.74, 6) is 0.118. The van der Waals surface area contributed by atoms with Crippen LogP contribution in [0.4, 0.5) is 0 Å². The molecule has 3 aromatic rings. The second kappa shape index (κ2) is 7.13. The van der Waals surface area contributed by atoms with Crippen LogP contribution in [0, 0.1) is 13.8 Å². The van der Waals surface area contributed by atoms with Gasteiger partial charge in [-0.3, -0.25) is 4.31 Å². The summed E-state index contributed by atoms with van der Waals surface area (Å²) < 4.78 is 28.9. The molecule has 1 aliphatic heterocycles. The maximum atomic E-state index is 13.6. The van der Waals surface area contributed by atoms with Gasteiger partial charge in [-0.1, -0.05) is 71.8 Å². The molecule has 152 valence electrons. The monoisotopic (exact) mass is 415 g/mol. The lowest BCUT2D eigenvalue weighted by Gasteiger charge is -2.32. The summed E-state index contributed by atoms with van der Waals surface area (Å²) in [5, 5.41) is 0. The van der Waals surface area contributed by atoms with Crippen LogP contribution in [0.25, 0.3) is 5.70 Å². The van der Waals surface area contributed by atoms with E-state index in [0.29, 0.717) is 11.4 Å². The van der Waals surface area contributed by atoms with E-state index in [-0.39, 0.29) is 5.92 Å². The van der Waals surface area contributed by atoms with Crippen molar-refractivity contribution in [2.24, 2.45) is 0 Å². The number of hydrogen-bond acceptors (Lipinski definition) is 2. The standard InChI is InChI=1S/C26H25NO2S/c1-18-9-13-20(14-10-18)25-22-6-3-4-7-23(22)26-24(25)8-5-17-27(26)30(28,29)21-15-11-19(2)12-16-21/h3-4,6-7,9-16,25H,5,8,17H2,1-2H3. The smallest absolute Gasteiger partial charge is 0.264 e. The zero-order valence-electron chi connectivity index (χ0n) is 17.3. The van der Waals surface area contributed by atoms with Crippen molar-refractivity contribution in [1.82, 2.24) is 4.31 Å². The lowest BCUT2D eigenvalue weighted by Crippen LogP contribution is -2.33. The van der Waals surface area contributed by atoms with E-state index in [4.69, 9.17) is 0 Å². The fourth-order valence-corrected chi connectivity index (χ4v) is 6.32. The van der Waals surface area contributed by atoms with Gasteiger partial charge in [0.25, 0.3) is 10.0 Å². The van der Waals surface area contributed by atoms with Crippen molar-refractivity contribution in [3.63, 3.8) is 0 Å². The Morgan fingerprint density at radius 2 is 1.47 bits per heavy atom. The Hall–Kier alpha value is -2.85. The number of allylic oxidation sites excluding steroid dienone is 1. The molecular formula is C26H25NO2S. The summed E-state index contributed by atoms with van der Waals surface area (Å²) in [7, 11) is -3.61. The van der Waals surface area contributed by atoms with Crippen LogP contribution >= 0.6 is 0 Å². The molecule has 0 saturated carbocycles. The third-order valence-electron chi connectivity index (χ3n) is 6.26. The van der Waals surface area contributed by atoms with Crippen molar-refractivity contribution in [2.45, 2.75) is 37.5 Å². The van der Waals surface area contributed by atoms with Gasteiger partial charge in [-0.15, -0.1) is 0 Å². The Labute approximate surface area is 178 Å². The topological polar surface area (TPSA) is 37.4 Å². The van der Waals surface area contributed by atoms with E-state index >= 15 is 0 Å². The van der Waals surface area contributed by atoms with Gasteiger partial charge < -0.3 is 0 Å². The van der Waals surface area contributed by atoms with Crippen LogP contribution < -0.4 is 0 Å². The third-order valence-corrected chi connectivity index (χ3v) is 8.07. The Morgan fingerprint density at radius 1 is 0.833 bits per heavy atom. The molecule has 30 heavy (non-hydrogen) atoms. The van der Waals surface area contributed by atoms with Gasteiger partial charge in [0, 0.05) is 18.0 Å². The van der Waals surface area contributed by atoms with Gasteiger partial charge in [-0.05, 0) is 55.5 Å².